The number of hydrogen-bond acceptors (Lipinski definition) is 5. The molecule has 0 aliphatic carbocycles. The molecular weight excluding hydrogens is 332 g/mol. The Kier molecular flexibility index (Phi) is 18.2. The van der Waals surface area contributed by atoms with Crippen LogP contribution in [0.3, 0.4) is 0 Å². The maximum absolute atomic E-state index is 11.6. The zero-order valence-corrected chi connectivity index (χ0v) is 17.2. The number of hydrogen-bond donors (Lipinski definition) is 0. The van der Waals surface area contributed by atoms with Crippen molar-refractivity contribution in [3.05, 3.63) is 12.2 Å². The van der Waals surface area contributed by atoms with Crippen molar-refractivity contribution in [2.75, 3.05) is 33.7 Å². The molecule has 0 aliphatic rings. The molecule has 0 heterocycles. The lowest BCUT2D eigenvalue weighted by Crippen LogP contribution is -2.17. The zero-order valence-electron chi connectivity index (χ0n) is 17.2. The number of rotatable bonds is 19. The summed E-state index contributed by atoms with van der Waals surface area (Å²) in [6.07, 6.45) is 11.3. The minimum Gasteiger partial charge on any atom is -0.463 e. The molecule has 0 fully saturated rings. The first-order chi connectivity index (χ1) is 12.7. The fraction of sp³-hybridized carbons (Fsp3) is 0.857. The minimum absolute atomic E-state index is 0.165. The summed E-state index contributed by atoms with van der Waals surface area (Å²) >= 11 is 0. The van der Waals surface area contributed by atoms with Gasteiger partial charge < -0.3 is 18.9 Å². The third-order valence-electron chi connectivity index (χ3n) is 4.27. The molecule has 0 aromatic carbocycles. The summed E-state index contributed by atoms with van der Waals surface area (Å²) in [5.41, 5.74) is 0.543. The van der Waals surface area contributed by atoms with E-state index in [0.717, 1.165) is 19.3 Å². The normalized spacial score (nSPS) is 12.1. The topological polar surface area (TPSA) is 54.0 Å². The van der Waals surface area contributed by atoms with Crippen molar-refractivity contribution in [2.24, 2.45) is 0 Å². The molecule has 154 valence electrons. The lowest BCUT2D eigenvalue weighted by Gasteiger charge is -2.18. The minimum atomic E-state index is -0.288. The van der Waals surface area contributed by atoms with Crippen LogP contribution in [0, 0.1) is 0 Å². The van der Waals surface area contributed by atoms with Gasteiger partial charge in [0.2, 0.25) is 0 Å². The van der Waals surface area contributed by atoms with Gasteiger partial charge in [0.05, 0.1) is 25.9 Å². The van der Waals surface area contributed by atoms with Gasteiger partial charge in [-0.2, -0.15) is 0 Å². The summed E-state index contributed by atoms with van der Waals surface area (Å²) in [4.78, 5) is 11.6. The van der Waals surface area contributed by atoms with Crippen molar-refractivity contribution in [3.8, 4) is 0 Å². The first kappa shape index (κ1) is 25.1. The summed E-state index contributed by atoms with van der Waals surface area (Å²) in [6, 6.07) is 0. The van der Waals surface area contributed by atoms with Crippen LogP contribution in [0.25, 0.3) is 0 Å². The number of esters is 1. The highest BCUT2D eigenvalue weighted by atomic mass is 16.7. The van der Waals surface area contributed by atoms with Gasteiger partial charge in [-0.05, 0) is 32.6 Å². The van der Waals surface area contributed by atoms with Crippen molar-refractivity contribution in [1.29, 1.82) is 0 Å². The van der Waals surface area contributed by atoms with Crippen LogP contribution in [0.1, 0.15) is 78.1 Å². The van der Waals surface area contributed by atoms with Crippen molar-refractivity contribution >= 4 is 5.97 Å². The van der Waals surface area contributed by atoms with Crippen LogP contribution in [0.2, 0.25) is 0 Å². The van der Waals surface area contributed by atoms with E-state index in [4.69, 9.17) is 18.9 Å². The maximum atomic E-state index is 11.6. The Morgan fingerprint density at radius 2 is 1.65 bits per heavy atom. The fourth-order valence-corrected chi connectivity index (χ4v) is 2.69. The summed E-state index contributed by atoms with van der Waals surface area (Å²) in [5.74, 6) is -0.288. The molecule has 1 atom stereocenters. The Bertz CT molecular complexity index is 343. The molecule has 0 rings (SSSR count). The van der Waals surface area contributed by atoms with Crippen molar-refractivity contribution in [2.45, 2.75) is 84.2 Å². The Hall–Kier alpha value is -0.910. The number of carbonyl (C=O) groups excluding carboxylic acids is 1. The van der Waals surface area contributed by atoms with Crippen LogP contribution >= 0.6 is 0 Å². The standard InChI is InChI=1S/C21H40O5/c1-5-7-8-9-10-11-14-20(26-18-24-17-16-23-4)15-12-13-19(3)21(22)25-6-2/h20H,3,5-18H2,1-2,4H3/t20-/m0/s1. The van der Waals surface area contributed by atoms with E-state index < -0.39 is 0 Å². The van der Waals surface area contributed by atoms with Gasteiger partial charge in [0, 0.05) is 12.7 Å². The van der Waals surface area contributed by atoms with Gasteiger partial charge in [-0.1, -0.05) is 52.0 Å². The second-order valence-electron chi connectivity index (χ2n) is 6.58. The Morgan fingerprint density at radius 1 is 0.962 bits per heavy atom. The van der Waals surface area contributed by atoms with E-state index in [0.29, 0.717) is 38.6 Å². The molecule has 0 spiro atoms. The van der Waals surface area contributed by atoms with E-state index in [1.807, 2.05) is 0 Å². The van der Waals surface area contributed by atoms with Crippen LogP contribution in [-0.4, -0.2) is 45.8 Å². The zero-order chi connectivity index (χ0) is 19.5. The van der Waals surface area contributed by atoms with Crippen molar-refractivity contribution < 1.29 is 23.7 Å². The van der Waals surface area contributed by atoms with Crippen LogP contribution in [-0.2, 0) is 23.7 Å². The van der Waals surface area contributed by atoms with E-state index in [1.54, 1.807) is 14.0 Å². The SMILES string of the molecule is C=C(CCC[C@H](CCCCCCCC)OCOCCOC)C(=O)OCC. The Balaban J connectivity index is 4.05. The van der Waals surface area contributed by atoms with Gasteiger partial charge in [-0.15, -0.1) is 0 Å². The first-order valence-corrected chi connectivity index (χ1v) is 10.2. The van der Waals surface area contributed by atoms with Crippen LogP contribution in [0.15, 0.2) is 12.2 Å². The van der Waals surface area contributed by atoms with Crippen molar-refractivity contribution in [1.82, 2.24) is 0 Å². The quantitative estimate of drug-likeness (QED) is 0.138. The molecule has 0 amide bonds. The van der Waals surface area contributed by atoms with E-state index in [2.05, 4.69) is 13.5 Å². The summed E-state index contributed by atoms with van der Waals surface area (Å²) in [5, 5.41) is 0. The molecule has 0 N–H and O–H groups in total. The second-order valence-corrected chi connectivity index (χ2v) is 6.58. The third-order valence-corrected chi connectivity index (χ3v) is 4.27. The predicted molar refractivity (Wildman–Crippen MR) is 105 cm³/mol. The Morgan fingerprint density at radius 3 is 2.35 bits per heavy atom. The highest BCUT2D eigenvalue weighted by Crippen LogP contribution is 2.17. The maximum Gasteiger partial charge on any atom is 0.333 e. The molecule has 0 saturated carbocycles. The summed E-state index contributed by atoms with van der Waals surface area (Å²) in [6.45, 7) is 9.65. The van der Waals surface area contributed by atoms with Crippen molar-refractivity contribution in [3.63, 3.8) is 0 Å². The first-order valence-electron chi connectivity index (χ1n) is 10.2. The molecule has 0 aromatic rings. The molecule has 0 aliphatic heterocycles. The van der Waals surface area contributed by atoms with Crippen LogP contribution in [0.4, 0.5) is 0 Å². The van der Waals surface area contributed by atoms with Gasteiger partial charge in [0.1, 0.15) is 6.79 Å². The van der Waals surface area contributed by atoms with E-state index in [9.17, 15) is 4.79 Å². The van der Waals surface area contributed by atoms with E-state index >= 15 is 0 Å². The fourth-order valence-electron chi connectivity index (χ4n) is 2.69. The largest absolute Gasteiger partial charge is 0.463 e. The average Bonchev–Trinajstić information content (AvgIpc) is 2.63. The number of methoxy groups -OCH3 is 1. The average molecular weight is 373 g/mol. The molecule has 0 aromatic heterocycles. The number of carbonyl (C=O) groups is 1. The molecule has 26 heavy (non-hydrogen) atoms. The molecule has 0 bridgehead atoms. The number of ether oxygens (including phenoxy) is 4. The smallest absolute Gasteiger partial charge is 0.333 e. The second kappa shape index (κ2) is 18.9. The van der Waals surface area contributed by atoms with E-state index in [-0.39, 0.29) is 12.1 Å². The van der Waals surface area contributed by atoms with Gasteiger partial charge in [-0.25, -0.2) is 4.79 Å². The highest BCUT2D eigenvalue weighted by Gasteiger charge is 2.12. The van der Waals surface area contributed by atoms with Gasteiger partial charge in [0.15, 0.2) is 0 Å². The summed E-state index contributed by atoms with van der Waals surface area (Å²) < 4.78 is 21.2. The van der Waals surface area contributed by atoms with Gasteiger partial charge in [-0.3, -0.25) is 0 Å². The molecule has 0 radical (unpaired) electrons. The van der Waals surface area contributed by atoms with Crippen LogP contribution < -0.4 is 0 Å². The number of unbranched alkanes of at least 4 members (excludes halogenated alkanes) is 5. The van der Waals surface area contributed by atoms with E-state index in [1.165, 1.54) is 38.5 Å². The Labute approximate surface area is 160 Å². The third kappa shape index (κ3) is 15.4. The van der Waals surface area contributed by atoms with Gasteiger partial charge >= 0.3 is 5.97 Å². The molecular formula is C21H40O5. The molecule has 0 saturated heterocycles. The van der Waals surface area contributed by atoms with Gasteiger partial charge in [0.25, 0.3) is 0 Å². The predicted octanol–water partition coefficient (Wildman–Crippen LogP) is 5.03. The van der Waals surface area contributed by atoms with Crippen LogP contribution in [0.5, 0.6) is 0 Å². The summed E-state index contributed by atoms with van der Waals surface area (Å²) in [7, 11) is 1.65. The highest BCUT2D eigenvalue weighted by molar-refractivity contribution is 5.87. The lowest BCUT2D eigenvalue weighted by molar-refractivity contribution is -0.138. The molecule has 0 unspecified atom stereocenters. The lowest BCUT2D eigenvalue weighted by atomic mass is 10.0. The molecule has 5 nitrogen and oxygen atoms in total. The molecule has 5 heteroatoms. The monoisotopic (exact) mass is 372 g/mol.